The topological polar surface area (TPSA) is 27.7 Å². The Balaban J connectivity index is 1.24. The average molecular weight is 413 g/mol. The fourth-order valence-corrected chi connectivity index (χ4v) is 4.83. The first-order chi connectivity index (χ1) is 14.7. The normalized spacial score (nSPS) is 27.1. The van der Waals surface area contributed by atoms with Gasteiger partial charge >= 0.3 is 0 Å². The Labute approximate surface area is 179 Å². The summed E-state index contributed by atoms with van der Waals surface area (Å²) in [4.78, 5) is 0. The van der Waals surface area contributed by atoms with Gasteiger partial charge in [0.2, 0.25) is 0 Å². The van der Waals surface area contributed by atoms with Gasteiger partial charge in [-0.05, 0) is 73.3 Å². The van der Waals surface area contributed by atoms with Gasteiger partial charge in [0.05, 0.1) is 13.2 Å². The first-order valence-corrected chi connectivity index (χ1v) is 11.3. The lowest BCUT2D eigenvalue weighted by Gasteiger charge is -2.37. The molecular weight excluding hydrogens is 379 g/mol. The molecule has 162 valence electrons. The van der Waals surface area contributed by atoms with Crippen molar-refractivity contribution in [2.75, 3.05) is 26.9 Å². The molecule has 0 atom stereocenters. The molecule has 30 heavy (non-hydrogen) atoms. The summed E-state index contributed by atoms with van der Waals surface area (Å²) < 4.78 is 30.4. The molecule has 4 rings (SSSR count). The van der Waals surface area contributed by atoms with Crippen LogP contribution in [0.25, 0.3) is 11.1 Å². The van der Waals surface area contributed by atoms with E-state index in [9.17, 15) is 4.39 Å². The van der Waals surface area contributed by atoms with Gasteiger partial charge in [0, 0.05) is 25.6 Å². The highest BCUT2D eigenvalue weighted by molar-refractivity contribution is 5.63. The molecule has 0 spiro atoms. The summed E-state index contributed by atoms with van der Waals surface area (Å²) in [6, 6.07) is 15.5. The Morgan fingerprint density at radius 2 is 1.47 bits per heavy atom. The number of hydrogen-bond donors (Lipinski definition) is 0. The predicted octanol–water partition coefficient (Wildman–Crippen LogP) is 6.18. The molecule has 0 N–H and O–H groups in total. The number of benzene rings is 2. The van der Waals surface area contributed by atoms with Crippen LogP contribution in [-0.2, 0) is 14.2 Å². The van der Waals surface area contributed by atoms with Crippen LogP contribution in [0.2, 0.25) is 0 Å². The van der Waals surface area contributed by atoms with Crippen LogP contribution in [0, 0.1) is 17.7 Å². The zero-order chi connectivity index (χ0) is 20.8. The smallest absolute Gasteiger partial charge is 0.160 e. The number of halogens is 1. The standard InChI is InChI=1S/C26H33FO3/c1-28-16-2-3-19-17-29-26(30-18-19)24-10-8-22(9-11-24)20-4-6-21(7-5-20)23-12-14-25(27)15-13-23/h4-7,12-15,19,22,24,26H,2-3,8-11,16-18H2,1H3. The van der Waals surface area contributed by atoms with Crippen molar-refractivity contribution in [3.05, 3.63) is 59.9 Å². The highest BCUT2D eigenvalue weighted by atomic mass is 19.1. The molecule has 1 saturated carbocycles. The fourth-order valence-electron chi connectivity index (χ4n) is 4.83. The van der Waals surface area contributed by atoms with E-state index in [0.717, 1.165) is 56.6 Å². The zero-order valence-corrected chi connectivity index (χ0v) is 17.9. The van der Waals surface area contributed by atoms with Crippen LogP contribution >= 0.6 is 0 Å². The maximum Gasteiger partial charge on any atom is 0.160 e. The number of ether oxygens (including phenoxy) is 3. The fraction of sp³-hybridized carbons (Fsp3) is 0.538. The number of methoxy groups -OCH3 is 1. The van der Waals surface area contributed by atoms with Gasteiger partial charge in [-0.2, -0.15) is 0 Å². The van der Waals surface area contributed by atoms with E-state index < -0.39 is 0 Å². The monoisotopic (exact) mass is 412 g/mol. The summed E-state index contributed by atoms with van der Waals surface area (Å²) in [6.45, 7) is 2.45. The van der Waals surface area contributed by atoms with Gasteiger partial charge in [-0.15, -0.1) is 0 Å². The summed E-state index contributed by atoms with van der Waals surface area (Å²) in [6.07, 6.45) is 6.84. The Kier molecular flexibility index (Phi) is 7.53. The molecular formula is C26H33FO3. The van der Waals surface area contributed by atoms with E-state index in [1.54, 1.807) is 7.11 Å². The Morgan fingerprint density at radius 3 is 2.07 bits per heavy atom. The lowest BCUT2D eigenvalue weighted by Crippen LogP contribution is -2.38. The molecule has 0 aromatic heterocycles. The van der Waals surface area contributed by atoms with Gasteiger partial charge in [0.15, 0.2) is 6.29 Å². The molecule has 2 aliphatic rings. The second kappa shape index (κ2) is 10.5. The lowest BCUT2D eigenvalue weighted by molar-refractivity contribution is -0.229. The quantitative estimate of drug-likeness (QED) is 0.508. The maximum absolute atomic E-state index is 13.1. The molecule has 1 saturated heterocycles. The van der Waals surface area contributed by atoms with Gasteiger partial charge in [-0.25, -0.2) is 4.39 Å². The zero-order valence-electron chi connectivity index (χ0n) is 17.9. The minimum Gasteiger partial charge on any atom is -0.385 e. The predicted molar refractivity (Wildman–Crippen MR) is 117 cm³/mol. The van der Waals surface area contributed by atoms with E-state index in [4.69, 9.17) is 14.2 Å². The van der Waals surface area contributed by atoms with Gasteiger partial charge in [0.1, 0.15) is 5.82 Å². The highest BCUT2D eigenvalue weighted by Gasteiger charge is 2.32. The van der Waals surface area contributed by atoms with E-state index in [1.807, 2.05) is 12.1 Å². The van der Waals surface area contributed by atoms with Crippen molar-refractivity contribution in [3.63, 3.8) is 0 Å². The molecule has 1 heterocycles. The van der Waals surface area contributed by atoms with Crippen LogP contribution in [0.1, 0.15) is 50.0 Å². The van der Waals surface area contributed by atoms with E-state index >= 15 is 0 Å². The maximum atomic E-state index is 13.1. The molecule has 4 heteroatoms. The van der Waals surface area contributed by atoms with E-state index in [-0.39, 0.29) is 12.1 Å². The summed E-state index contributed by atoms with van der Waals surface area (Å²) in [5.41, 5.74) is 3.60. The second-order valence-electron chi connectivity index (χ2n) is 8.78. The van der Waals surface area contributed by atoms with E-state index in [1.165, 1.54) is 30.5 Å². The summed E-state index contributed by atoms with van der Waals surface area (Å²) >= 11 is 0. The van der Waals surface area contributed by atoms with Crippen LogP contribution in [0.5, 0.6) is 0 Å². The van der Waals surface area contributed by atoms with Crippen molar-refractivity contribution in [3.8, 4) is 11.1 Å². The van der Waals surface area contributed by atoms with Crippen molar-refractivity contribution in [1.29, 1.82) is 0 Å². The van der Waals surface area contributed by atoms with Crippen LogP contribution in [0.3, 0.4) is 0 Å². The van der Waals surface area contributed by atoms with Crippen molar-refractivity contribution in [2.45, 2.75) is 50.7 Å². The summed E-state index contributed by atoms with van der Waals surface area (Å²) in [5, 5.41) is 0. The molecule has 0 radical (unpaired) electrons. The molecule has 2 aromatic rings. The first-order valence-electron chi connectivity index (χ1n) is 11.3. The van der Waals surface area contributed by atoms with Crippen molar-refractivity contribution < 1.29 is 18.6 Å². The average Bonchev–Trinajstić information content (AvgIpc) is 2.81. The summed E-state index contributed by atoms with van der Waals surface area (Å²) in [7, 11) is 1.75. The van der Waals surface area contributed by atoms with Crippen LogP contribution < -0.4 is 0 Å². The summed E-state index contributed by atoms with van der Waals surface area (Å²) in [5.74, 6) is 1.43. The number of hydrogen-bond acceptors (Lipinski definition) is 3. The lowest BCUT2D eigenvalue weighted by atomic mass is 9.78. The molecule has 0 bridgehead atoms. The second-order valence-corrected chi connectivity index (χ2v) is 8.78. The molecule has 2 aromatic carbocycles. The van der Waals surface area contributed by atoms with Crippen molar-refractivity contribution in [2.24, 2.45) is 11.8 Å². The highest BCUT2D eigenvalue weighted by Crippen LogP contribution is 2.39. The molecule has 0 amide bonds. The minimum absolute atomic E-state index is 0.0227. The van der Waals surface area contributed by atoms with Crippen molar-refractivity contribution >= 4 is 0 Å². The molecule has 2 fully saturated rings. The van der Waals surface area contributed by atoms with E-state index in [2.05, 4.69) is 24.3 Å². The third-order valence-corrected chi connectivity index (χ3v) is 6.67. The molecule has 0 unspecified atom stereocenters. The molecule has 3 nitrogen and oxygen atoms in total. The van der Waals surface area contributed by atoms with E-state index in [0.29, 0.717) is 17.8 Å². The Hall–Kier alpha value is -1.75. The van der Waals surface area contributed by atoms with Crippen LogP contribution in [0.4, 0.5) is 4.39 Å². The molecule has 1 aliphatic heterocycles. The van der Waals surface area contributed by atoms with Gasteiger partial charge < -0.3 is 14.2 Å². The Bertz CT molecular complexity index is 758. The SMILES string of the molecule is COCCCC1COC(C2CCC(c3ccc(-c4ccc(F)cc4)cc3)CC2)OC1. The van der Waals surface area contributed by atoms with Crippen LogP contribution in [-0.4, -0.2) is 33.2 Å². The first kappa shape index (κ1) is 21.5. The van der Waals surface area contributed by atoms with Gasteiger partial charge in [-0.1, -0.05) is 36.4 Å². The van der Waals surface area contributed by atoms with Crippen molar-refractivity contribution in [1.82, 2.24) is 0 Å². The molecule has 1 aliphatic carbocycles. The van der Waals surface area contributed by atoms with Gasteiger partial charge in [-0.3, -0.25) is 0 Å². The third kappa shape index (κ3) is 5.48. The van der Waals surface area contributed by atoms with Gasteiger partial charge in [0.25, 0.3) is 0 Å². The largest absolute Gasteiger partial charge is 0.385 e. The Morgan fingerprint density at radius 1 is 0.867 bits per heavy atom. The van der Waals surface area contributed by atoms with Crippen LogP contribution in [0.15, 0.2) is 48.5 Å². The number of rotatable bonds is 7. The minimum atomic E-state index is -0.195. The third-order valence-electron chi connectivity index (χ3n) is 6.67.